The van der Waals surface area contributed by atoms with Gasteiger partial charge in [0.2, 0.25) is 0 Å². The van der Waals surface area contributed by atoms with E-state index in [1.165, 1.54) is 24.3 Å². The lowest BCUT2D eigenvalue weighted by Gasteiger charge is -2.26. The Balaban J connectivity index is 1.64. The Kier molecular flexibility index (Phi) is 6.70. The molecular formula is C19H22F3N. The van der Waals surface area contributed by atoms with E-state index in [9.17, 15) is 13.2 Å². The highest BCUT2D eigenvalue weighted by atomic mass is 19.2. The van der Waals surface area contributed by atoms with E-state index >= 15 is 0 Å². The van der Waals surface area contributed by atoms with E-state index in [0.717, 1.165) is 56.9 Å². The summed E-state index contributed by atoms with van der Waals surface area (Å²) in [5, 5.41) is 8.45. The molecule has 0 atom stereocenters. The molecule has 1 aliphatic rings. The number of hydrogen-bond donors (Lipinski definition) is 0. The molecule has 1 aromatic carbocycles. The summed E-state index contributed by atoms with van der Waals surface area (Å²) < 4.78 is 38.9. The molecule has 1 fully saturated rings. The van der Waals surface area contributed by atoms with Crippen LogP contribution in [-0.2, 0) is 6.42 Å². The number of rotatable bonds is 6. The quantitative estimate of drug-likeness (QED) is 0.475. The standard InChI is InChI=1S/C19H22F3N/c20-17(13-23)11-16-7-5-14(6-8-16)3-1-2-4-15-9-10-18(21)19(22)12-15/h9-12,14,16H,1-8H2. The average molecular weight is 321 g/mol. The summed E-state index contributed by atoms with van der Waals surface area (Å²) in [5.74, 6) is -1.38. The van der Waals surface area contributed by atoms with Gasteiger partial charge in [0.05, 0.1) is 0 Å². The van der Waals surface area contributed by atoms with Crippen LogP contribution < -0.4 is 0 Å². The first-order chi connectivity index (χ1) is 11.1. The van der Waals surface area contributed by atoms with Gasteiger partial charge in [-0.1, -0.05) is 18.9 Å². The maximum Gasteiger partial charge on any atom is 0.196 e. The van der Waals surface area contributed by atoms with Crippen molar-refractivity contribution in [1.82, 2.24) is 0 Å². The Bertz CT molecular complexity index is 581. The Morgan fingerprint density at radius 1 is 1.13 bits per heavy atom. The molecule has 0 bridgehead atoms. The largest absolute Gasteiger partial charge is 0.204 e. The van der Waals surface area contributed by atoms with E-state index < -0.39 is 17.5 Å². The maximum atomic E-state index is 13.1. The normalized spacial score (nSPS) is 21.9. The Morgan fingerprint density at radius 3 is 2.52 bits per heavy atom. The van der Waals surface area contributed by atoms with E-state index in [0.29, 0.717) is 5.92 Å². The van der Waals surface area contributed by atoms with Crippen molar-refractivity contribution in [2.24, 2.45) is 11.8 Å². The minimum Gasteiger partial charge on any atom is -0.204 e. The SMILES string of the molecule is N#CC(F)=CC1CCC(CCCCc2ccc(F)c(F)c2)CC1. The van der Waals surface area contributed by atoms with E-state index in [1.807, 2.05) is 0 Å². The minimum absolute atomic E-state index is 0.202. The van der Waals surface area contributed by atoms with Gasteiger partial charge in [-0.25, -0.2) is 8.78 Å². The number of benzene rings is 1. The zero-order chi connectivity index (χ0) is 16.7. The summed E-state index contributed by atoms with van der Waals surface area (Å²) in [4.78, 5) is 0. The third-order valence-electron chi connectivity index (χ3n) is 4.69. The van der Waals surface area contributed by atoms with Gasteiger partial charge in [0.1, 0.15) is 6.07 Å². The number of allylic oxidation sites excluding steroid dienone is 2. The lowest BCUT2D eigenvalue weighted by Crippen LogP contribution is -2.13. The topological polar surface area (TPSA) is 23.8 Å². The molecule has 0 saturated heterocycles. The lowest BCUT2D eigenvalue weighted by molar-refractivity contribution is 0.288. The van der Waals surface area contributed by atoms with Gasteiger partial charge in [-0.15, -0.1) is 0 Å². The molecule has 0 aromatic heterocycles. The molecular weight excluding hydrogens is 299 g/mol. The van der Waals surface area contributed by atoms with Crippen LogP contribution in [0.2, 0.25) is 0 Å². The van der Waals surface area contributed by atoms with Gasteiger partial charge in [-0.05, 0) is 74.1 Å². The lowest BCUT2D eigenvalue weighted by atomic mass is 9.79. The molecule has 0 unspecified atom stereocenters. The summed E-state index contributed by atoms with van der Waals surface area (Å²) >= 11 is 0. The summed E-state index contributed by atoms with van der Waals surface area (Å²) in [6.07, 6.45) is 9.43. The second-order valence-electron chi connectivity index (χ2n) is 6.40. The van der Waals surface area contributed by atoms with Crippen LogP contribution >= 0.6 is 0 Å². The van der Waals surface area contributed by atoms with Crippen molar-refractivity contribution >= 4 is 0 Å². The molecule has 0 radical (unpaired) electrons. The predicted molar refractivity (Wildman–Crippen MR) is 84.2 cm³/mol. The van der Waals surface area contributed by atoms with Crippen molar-refractivity contribution in [2.45, 2.75) is 51.4 Å². The molecule has 1 saturated carbocycles. The number of nitriles is 1. The summed E-state index contributed by atoms with van der Waals surface area (Å²) in [5.41, 5.74) is 0.838. The summed E-state index contributed by atoms with van der Waals surface area (Å²) in [6.45, 7) is 0. The fourth-order valence-electron chi connectivity index (χ4n) is 3.35. The van der Waals surface area contributed by atoms with Crippen LogP contribution in [0.15, 0.2) is 30.1 Å². The molecule has 0 heterocycles. The Hall–Kier alpha value is -1.76. The number of unbranched alkanes of at least 4 members (excludes halogenated alkanes) is 1. The monoisotopic (exact) mass is 321 g/mol. The average Bonchev–Trinajstić information content (AvgIpc) is 2.56. The molecule has 0 amide bonds. The predicted octanol–water partition coefficient (Wildman–Crippen LogP) is 5.86. The molecule has 1 aliphatic carbocycles. The third-order valence-corrected chi connectivity index (χ3v) is 4.69. The fourth-order valence-corrected chi connectivity index (χ4v) is 3.35. The van der Waals surface area contributed by atoms with Crippen molar-refractivity contribution < 1.29 is 13.2 Å². The molecule has 2 rings (SSSR count). The van der Waals surface area contributed by atoms with Crippen molar-refractivity contribution in [2.75, 3.05) is 0 Å². The van der Waals surface area contributed by atoms with Crippen molar-refractivity contribution in [3.63, 3.8) is 0 Å². The van der Waals surface area contributed by atoms with Crippen LogP contribution in [0.1, 0.15) is 50.5 Å². The third kappa shape index (κ3) is 5.74. The van der Waals surface area contributed by atoms with Gasteiger partial charge in [-0.2, -0.15) is 9.65 Å². The maximum absolute atomic E-state index is 13.1. The van der Waals surface area contributed by atoms with Crippen LogP contribution in [0.25, 0.3) is 0 Å². The molecule has 4 heteroatoms. The number of nitrogens with zero attached hydrogens (tertiary/aromatic N) is 1. The molecule has 124 valence electrons. The second kappa shape index (κ2) is 8.76. The second-order valence-corrected chi connectivity index (χ2v) is 6.40. The van der Waals surface area contributed by atoms with E-state index in [2.05, 4.69) is 0 Å². The molecule has 1 nitrogen and oxygen atoms in total. The first-order valence-corrected chi connectivity index (χ1v) is 8.30. The molecule has 0 N–H and O–H groups in total. The van der Waals surface area contributed by atoms with Crippen molar-refractivity contribution in [1.29, 1.82) is 5.26 Å². The first-order valence-electron chi connectivity index (χ1n) is 8.30. The molecule has 1 aromatic rings. The van der Waals surface area contributed by atoms with Gasteiger partial charge < -0.3 is 0 Å². The smallest absolute Gasteiger partial charge is 0.196 e. The van der Waals surface area contributed by atoms with E-state index in [4.69, 9.17) is 5.26 Å². The number of aryl methyl sites for hydroxylation is 1. The number of halogens is 3. The van der Waals surface area contributed by atoms with Crippen LogP contribution in [0.4, 0.5) is 13.2 Å². The molecule has 23 heavy (non-hydrogen) atoms. The van der Waals surface area contributed by atoms with Crippen LogP contribution in [0, 0.1) is 34.8 Å². The highest BCUT2D eigenvalue weighted by molar-refractivity contribution is 5.17. The molecule has 0 spiro atoms. The van der Waals surface area contributed by atoms with E-state index in [1.54, 1.807) is 6.07 Å². The zero-order valence-corrected chi connectivity index (χ0v) is 13.2. The van der Waals surface area contributed by atoms with Crippen molar-refractivity contribution in [3.05, 3.63) is 47.3 Å². The van der Waals surface area contributed by atoms with Gasteiger partial charge in [-0.3, -0.25) is 0 Å². The summed E-state index contributed by atoms with van der Waals surface area (Å²) in [7, 11) is 0. The van der Waals surface area contributed by atoms with Crippen LogP contribution in [0.5, 0.6) is 0 Å². The Morgan fingerprint density at radius 2 is 1.87 bits per heavy atom. The zero-order valence-electron chi connectivity index (χ0n) is 13.2. The van der Waals surface area contributed by atoms with Crippen molar-refractivity contribution in [3.8, 4) is 6.07 Å². The Labute approximate surface area is 135 Å². The first kappa shape index (κ1) is 17.6. The highest BCUT2D eigenvalue weighted by Gasteiger charge is 2.20. The van der Waals surface area contributed by atoms with Gasteiger partial charge >= 0.3 is 0 Å². The fraction of sp³-hybridized carbons (Fsp3) is 0.526. The molecule has 0 aliphatic heterocycles. The number of hydrogen-bond acceptors (Lipinski definition) is 1. The summed E-state index contributed by atoms with van der Waals surface area (Å²) in [6, 6.07) is 5.63. The van der Waals surface area contributed by atoms with Crippen LogP contribution in [-0.4, -0.2) is 0 Å². The van der Waals surface area contributed by atoms with Crippen LogP contribution in [0.3, 0.4) is 0 Å². The minimum atomic E-state index is -0.799. The van der Waals surface area contributed by atoms with Gasteiger partial charge in [0.25, 0.3) is 0 Å². The van der Waals surface area contributed by atoms with E-state index in [-0.39, 0.29) is 5.92 Å². The van der Waals surface area contributed by atoms with Gasteiger partial charge in [0.15, 0.2) is 17.5 Å². The highest BCUT2D eigenvalue weighted by Crippen LogP contribution is 2.33. The van der Waals surface area contributed by atoms with Gasteiger partial charge in [0, 0.05) is 0 Å².